The lowest BCUT2D eigenvalue weighted by molar-refractivity contribution is -0.386. The van der Waals surface area contributed by atoms with E-state index in [1.54, 1.807) is 0 Å². The molecule has 10 heteroatoms. The zero-order valence-corrected chi connectivity index (χ0v) is 11.2. The third kappa shape index (κ3) is 3.90. The summed E-state index contributed by atoms with van der Waals surface area (Å²) in [7, 11) is -4.08. The standard InChI is InChI=1S/C10H14N4O5S/c11-7-3-1-4-8(10(7)14(16)17)20(18,19)13-6-2-5-9(12)15/h1,3-4,13H,2,5-6,11H2,(H2,12,15). The van der Waals surface area contributed by atoms with Crippen LogP contribution in [0.4, 0.5) is 11.4 Å². The summed E-state index contributed by atoms with van der Waals surface area (Å²) in [6.07, 6.45) is 0.215. The molecule has 0 aliphatic carbocycles. The molecule has 110 valence electrons. The molecule has 20 heavy (non-hydrogen) atoms. The maximum Gasteiger partial charge on any atom is 0.312 e. The van der Waals surface area contributed by atoms with Crippen LogP contribution in [0.1, 0.15) is 12.8 Å². The molecule has 0 saturated carbocycles. The Morgan fingerprint density at radius 3 is 2.60 bits per heavy atom. The summed E-state index contributed by atoms with van der Waals surface area (Å²) in [5.41, 5.74) is 9.42. The molecule has 0 aromatic heterocycles. The molecule has 0 aliphatic rings. The Morgan fingerprint density at radius 1 is 1.40 bits per heavy atom. The van der Waals surface area contributed by atoms with Gasteiger partial charge in [-0.15, -0.1) is 0 Å². The summed E-state index contributed by atoms with van der Waals surface area (Å²) in [5.74, 6) is -0.556. The molecule has 0 spiro atoms. The van der Waals surface area contributed by atoms with Gasteiger partial charge in [-0.05, 0) is 18.6 Å². The third-order valence-corrected chi connectivity index (χ3v) is 3.89. The van der Waals surface area contributed by atoms with Crippen LogP contribution in [0.5, 0.6) is 0 Å². The number of hydrogen-bond donors (Lipinski definition) is 3. The van der Waals surface area contributed by atoms with E-state index >= 15 is 0 Å². The predicted molar refractivity (Wildman–Crippen MR) is 71.1 cm³/mol. The van der Waals surface area contributed by atoms with Gasteiger partial charge in [0.2, 0.25) is 15.9 Å². The average Bonchev–Trinajstić information content (AvgIpc) is 2.33. The normalized spacial score (nSPS) is 11.2. The molecular formula is C10H14N4O5S. The van der Waals surface area contributed by atoms with Crippen LogP contribution in [-0.2, 0) is 14.8 Å². The minimum absolute atomic E-state index is 0.0154. The number of hydrogen-bond acceptors (Lipinski definition) is 6. The summed E-state index contributed by atoms with van der Waals surface area (Å²) < 4.78 is 26.1. The van der Waals surface area contributed by atoms with Crippen molar-refractivity contribution in [1.29, 1.82) is 0 Å². The van der Waals surface area contributed by atoms with E-state index in [9.17, 15) is 23.3 Å². The van der Waals surface area contributed by atoms with Crippen LogP contribution in [0.15, 0.2) is 23.1 Å². The highest BCUT2D eigenvalue weighted by Crippen LogP contribution is 2.29. The van der Waals surface area contributed by atoms with Gasteiger partial charge in [-0.1, -0.05) is 6.07 Å². The zero-order valence-electron chi connectivity index (χ0n) is 10.4. The quantitative estimate of drug-likeness (QED) is 0.272. The monoisotopic (exact) mass is 302 g/mol. The van der Waals surface area contributed by atoms with Gasteiger partial charge in [-0.3, -0.25) is 14.9 Å². The van der Waals surface area contributed by atoms with E-state index in [0.29, 0.717) is 0 Å². The number of carbonyl (C=O) groups excluding carboxylic acids is 1. The molecular weight excluding hydrogens is 288 g/mol. The second-order valence-corrected chi connectivity index (χ2v) is 5.65. The van der Waals surface area contributed by atoms with E-state index in [4.69, 9.17) is 11.5 Å². The van der Waals surface area contributed by atoms with Crippen molar-refractivity contribution < 1.29 is 18.1 Å². The number of para-hydroxylation sites is 1. The Hall–Kier alpha value is -2.20. The summed E-state index contributed by atoms with van der Waals surface area (Å²) in [6, 6.07) is 3.63. The largest absolute Gasteiger partial charge is 0.393 e. The van der Waals surface area contributed by atoms with E-state index in [-0.39, 0.29) is 25.1 Å². The second-order valence-electron chi connectivity index (χ2n) is 3.92. The van der Waals surface area contributed by atoms with Crippen LogP contribution in [0, 0.1) is 10.1 Å². The maximum atomic E-state index is 12.0. The lowest BCUT2D eigenvalue weighted by Gasteiger charge is -2.07. The molecule has 0 radical (unpaired) electrons. The number of sulfonamides is 1. The highest BCUT2D eigenvalue weighted by atomic mass is 32.2. The van der Waals surface area contributed by atoms with Gasteiger partial charge in [0.25, 0.3) is 0 Å². The first-order chi connectivity index (χ1) is 9.25. The van der Waals surface area contributed by atoms with Crippen molar-refractivity contribution in [2.75, 3.05) is 12.3 Å². The fraction of sp³-hybridized carbons (Fsp3) is 0.300. The fourth-order valence-corrected chi connectivity index (χ4v) is 2.77. The first-order valence-corrected chi connectivity index (χ1v) is 7.05. The summed E-state index contributed by atoms with van der Waals surface area (Å²) in [6.45, 7) is -0.0583. The number of anilines is 1. The number of benzene rings is 1. The van der Waals surface area contributed by atoms with Gasteiger partial charge in [0.05, 0.1) is 4.92 Å². The predicted octanol–water partition coefficient (Wildman–Crippen LogP) is -0.279. The number of amides is 1. The van der Waals surface area contributed by atoms with Crippen molar-refractivity contribution >= 4 is 27.3 Å². The van der Waals surface area contributed by atoms with Crippen molar-refractivity contribution in [3.8, 4) is 0 Å². The highest BCUT2D eigenvalue weighted by molar-refractivity contribution is 7.89. The number of nitro benzene ring substituents is 1. The maximum absolute atomic E-state index is 12.0. The molecule has 0 fully saturated rings. The van der Waals surface area contributed by atoms with Gasteiger partial charge in [0, 0.05) is 13.0 Å². The number of nitro groups is 1. The Kier molecular flexibility index (Phi) is 5.00. The van der Waals surface area contributed by atoms with Gasteiger partial charge in [0.15, 0.2) is 4.90 Å². The Balaban J connectivity index is 2.96. The highest BCUT2D eigenvalue weighted by Gasteiger charge is 2.27. The van der Waals surface area contributed by atoms with Crippen LogP contribution in [0.3, 0.4) is 0 Å². The smallest absolute Gasteiger partial charge is 0.312 e. The van der Waals surface area contributed by atoms with Crippen LogP contribution < -0.4 is 16.2 Å². The van der Waals surface area contributed by atoms with E-state index in [1.165, 1.54) is 12.1 Å². The minimum Gasteiger partial charge on any atom is -0.393 e. The van der Waals surface area contributed by atoms with E-state index in [2.05, 4.69) is 4.72 Å². The van der Waals surface area contributed by atoms with Crippen LogP contribution >= 0.6 is 0 Å². The summed E-state index contributed by atoms with van der Waals surface area (Å²) in [4.78, 5) is 20.0. The Bertz CT molecular complexity index is 629. The van der Waals surface area contributed by atoms with Gasteiger partial charge in [-0.2, -0.15) is 0 Å². The first-order valence-electron chi connectivity index (χ1n) is 5.56. The molecule has 5 N–H and O–H groups in total. The fourth-order valence-electron chi connectivity index (χ4n) is 1.50. The minimum atomic E-state index is -4.08. The van der Waals surface area contributed by atoms with E-state index in [0.717, 1.165) is 6.07 Å². The van der Waals surface area contributed by atoms with Gasteiger partial charge in [-0.25, -0.2) is 13.1 Å². The van der Waals surface area contributed by atoms with E-state index < -0.39 is 31.4 Å². The van der Waals surface area contributed by atoms with Crippen LogP contribution in [-0.4, -0.2) is 25.8 Å². The molecule has 0 bridgehead atoms. The first kappa shape index (κ1) is 15.9. The number of carbonyl (C=O) groups is 1. The molecule has 1 aromatic rings. The molecule has 0 aliphatic heterocycles. The number of nitrogens with two attached hydrogens (primary N) is 2. The van der Waals surface area contributed by atoms with Crippen LogP contribution in [0.2, 0.25) is 0 Å². The topological polar surface area (TPSA) is 158 Å². The Morgan fingerprint density at radius 2 is 2.05 bits per heavy atom. The number of nitrogens with zero attached hydrogens (tertiary/aromatic N) is 1. The zero-order chi connectivity index (χ0) is 15.3. The lowest BCUT2D eigenvalue weighted by atomic mass is 10.3. The molecule has 0 unspecified atom stereocenters. The van der Waals surface area contributed by atoms with Crippen molar-refractivity contribution in [2.45, 2.75) is 17.7 Å². The summed E-state index contributed by atoms with van der Waals surface area (Å²) in [5, 5.41) is 10.9. The van der Waals surface area contributed by atoms with Crippen molar-refractivity contribution in [2.24, 2.45) is 5.73 Å². The van der Waals surface area contributed by atoms with Crippen molar-refractivity contribution in [1.82, 2.24) is 4.72 Å². The van der Waals surface area contributed by atoms with Crippen LogP contribution in [0.25, 0.3) is 0 Å². The lowest BCUT2D eigenvalue weighted by Crippen LogP contribution is -2.26. The van der Waals surface area contributed by atoms with Gasteiger partial charge < -0.3 is 11.5 Å². The van der Waals surface area contributed by atoms with E-state index in [1.807, 2.05) is 0 Å². The van der Waals surface area contributed by atoms with Gasteiger partial charge in [0.1, 0.15) is 5.69 Å². The van der Waals surface area contributed by atoms with Crippen molar-refractivity contribution in [3.05, 3.63) is 28.3 Å². The summed E-state index contributed by atoms with van der Waals surface area (Å²) >= 11 is 0. The number of nitrogen functional groups attached to an aromatic ring is 1. The number of nitrogens with one attached hydrogen (secondary N) is 1. The molecule has 9 nitrogen and oxygen atoms in total. The molecule has 1 amide bonds. The second kappa shape index (κ2) is 6.30. The molecule has 0 atom stereocenters. The molecule has 1 rings (SSSR count). The van der Waals surface area contributed by atoms with Gasteiger partial charge >= 0.3 is 5.69 Å². The molecule has 0 heterocycles. The van der Waals surface area contributed by atoms with Crippen molar-refractivity contribution in [3.63, 3.8) is 0 Å². The number of rotatable bonds is 7. The number of primary amides is 1. The average molecular weight is 302 g/mol. The Labute approximate surface area is 115 Å². The molecule has 1 aromatic carbocycles. The molecule has 0 saturated heterocycles. The third-order valence-electron chi connectivity index (χ3n) is 2.39. The SMILES string of the molecule is NC(=O)CCCNS(=O)(=O)c1cccc(N)c1[N+](=O)[O-].